The number of carbonyl (C=O) groups is 2. The van der Waals surface area contributed by atoms with E-state index >= 15 is 0 Å². The summed E-state index contributed by atoms with van der Waals surface area (Å²) in [6.07, 6.45) is 7.69. The van der Waals surface area contributed by atoms with Crippen molar-refractivity contribution in [1.29, 1.82) is 0 Å². The van der Waals surface area contributed by atoms with Crippen molar-refractivity contribution >= 4 is 11.9 Å². The standard InChI is InChI=1S/C17H30N2O3/c1-13(20)19-11-15(7-8-17(21)22-2)9-16(12-19)18-10-14-5-3-4-6-14/h14-16,18H,3-12H2,1-2H3. The molecule has 0 aromatic heterocycles. The molecule has 1 N–H and O–H groups in total. The SMILES string of the molecule is COC(=O)CCC1CC(NCC2CCCC2)CN(C(C)=O)C1. The predicted molar refractivity (Wildman–Crippen MR) is 85.4 cm³/mol. The van der Waals surface area contributed by atoms with Crippen LogP contribution in [0.25, 0.3) is 0 Å². The van der Waals surface area contributed by atoms with E-state index in [1.165, 1.54) is 32.8 Å². The zero-order valence-corrected chi connectivity index (χ0v) is 14.0. The summed E-state index contributed by atoms with van der Waals surface area (Å²) in [6, 6.07) is 0.362. The topological polar surface area (TPSA) is 58.6 Å². The lowest BCUT2D eigenvalue weighted by molar-refractivity contribution is -0.141. The van der Waals surface area contributed by atoms with E-state index in [4.69, 9.17) is 4.74 Å². The Balaban J connectivity index is 1.82. The summed E-state index contributed by atoms with van der Waals surface area (Å²) in [4.78, 5) is 25.0. The largest absolute Gasteiger partial charge is 0.469 e. The molecule has 2 unspecified atom stereocenters. The maximum Gasteiger partial charge on any atom is 0.305 e. The molecule has 1 amide bonds. The van der Waals surface area contributed by atoms with Crippen LogP contribution < -0.4 is 5.32 Å². The second-order valence-corrected chi connectivity index (χ2v) is 6.90. The van der Waals surface area contributed by atoms with Crippen molar-refractivity contribution in [2.24, 2.45) is 11.8 Å². The smallest absolute Gasteiger partial charge is 0.305 e. The molecule has 1 saturated heterocycles. The maximum absolute atomic E-state index is 11.8. The monoisotopic (exact) mass is 310 g/mol. The third-order valence-corrected chi connectivity index (χ3v) is 5.14. The number of hydrogen-bond donors (Lipinski definition) is 1. The van der Waals surface area contributed by atoms with Crippen LogP contribution in [0, 0.1) is 11.8 Å². The molecule has 2 atom stereocenters. The van der Waals surface area contributed by atoms with Gasteiger partial charge in [0.15, 0.2) is 0 Å². The number of hydrogen-bond acceptors (Lipinski definition) is 4. The molecule has 2 aliphatic rings. The third kappa shape index (κ3) is 5.27. The molecule has 2 fully saturated rings. The van der Waals surface area contributed by atoms with Crippen LogP contribution in [0.5, 0.6) is 0 Å². The average molecular weight is 310 g/mol. The van der Waals surface area contributed by atoms with Crippen LogP contribution in [0.2, 0.25) is 0 Å². The van der Waals surface area contributed by atoms with E-state index in [1.54, 1.807) is 6.92 Å². The van der Waals surface area contributed by atoms with Crippen LogP contribution in [-0.2, 0) is 14.3 Å². The molecule has 0 aromatic rings. The number of ether oxygens (including phenoxy) is 1. The first-order valence-electron chi connectivity index (χ1n) is 8.64. The van der Waals surface area contributed by atoms with Crippen molar-refractivity contribution in [3.05, 3.63) is 0 Å². The summed E-state index contributed by atoms with van der Waals surface area (Å²) in [7, 11) is 1.43. The average Bonchev–Trinajstić information content (AvgIpc) is 3.03. The van der Waals surface area contributed by atoms with Crippen molar-refractivity contribution in [3.8, 4) is 0 Å². The Kier molecular flexibility index (Phi) is 6.68. The zero-order valence-electron chi connectivity index (χ0n) is 14.0. The lowest BCUT2D eigenvalue weighted by Crippen LogP contribution is -2.51. The quantitative estimate of drug-likeness (QED) is 0.762. The van der Waals surface area contributed by atoms with Gasteiger partial charge in [0.25, 0.3) is 0 Å². The number of nitrogens with zero attached hydrogens (tertiary/aromatic N) is 1. The summed E-state index contributed by atoms with van der Waals surface area (Å²) in [5.74, 6) is 1.17. The van der Waals surface area contributed by atoms with Gasteiger partial charge in [-0.2, -0.15) is 0 Å². The van der Waals surface area contributed by atoms with Crippen molar-refractivity contribution in [3.63, 3.8) is 0 Å². The van der Waals surface area contributed by atoms with Gasteiger partial charge in [-0.15, -0.1) is 0 Å². The molecule has 1 aliphatic carbocycles. The number of amides is 1. The first kappa shape index (κ1) is 17.3. The number of likely N-dealkylation sites (tertiary alicyclic amines) is 1. The van der Waals surface area contributed by atoms with E-state index in [0.717, 1.165) is 38.4 Å². The van der Waals surface area contributed by atoms with E-state index in [0.29, 0.717) is 18.4 Å². The van der Waals surface area contributed by atoms with Gasteiger partial charge >= 0.3 is 5.97 Å². The maximum atomic E-state index is 11.8. The van der Waals surface area contributed by atoms with Crippen molar-refractivity contribution in [2.45, 2.75) is 57.9 Å². The van der Waals surface area contributed by atoms with Crippen molar-refractivity contribution in [2.75, 3.05) is 26.7 Å². The molecule has 1 saturated carbocycles. The molecule has 5 nitrogen and oxygen atoms in total. The number of rotatable bonds is 6. The minimum Gasteiger partial charge on any atom is -0.469 e. The predicted octanol–water partition coefficient (Wildman–Crippen LogP) is 1.96. The highest BCUT2D eigenvalue weighted by Gasteiger charge is 2.29. The molecule has 5 heteroatoms. The Bertz CT molecular complexity index is 380. The van der Waals surface area contributed by atoms with Crippen LogP contribution in [0.3, 0.4) is 0 Å². The van der Waals surface area contributed by atoms with Crippen LogP contribution in [-0.4, -0.2) is 49.6 Å². The van der Waals surface area contributed by atoms with Crippen LogP contribution in [0.15, 0.2) is 0 Å². The Labute approximate surface area is 133 Å². The minimum absolute atomic E-state index is 0.135. The molecule has 0 spiro atoms. The molecular weight excluding hydrogens is 280 g/mol. The molecule has 126 valence electrons. The first-order chi connectivity index (χ1) is 10.6. The fraction of sp³-hybridized carbons (Fsp3) is 0.882. The number of methoxy groups -OCH3 is 1. The highest BCUT2D eigenvalue weighted by Crippen LogP contribution is 2.25. The van der Waals surface area contributed by atoms with Crippen LogP contribution in [0.1, 0.15) is 51.9 Å². The lowest BCUT2D eigenvalue weighted by Gasteiger charge is -2.38. The Morgan fingerprint density at radius 3 is 2.55 bits per heavy atom. The molecule has 0 bridgehead atoms. The van der Waals surface area contributed by atoms with E-state index in [2.05, 4.69) is 5.32 Å². The van der Waals surface area contributed by atoms with Gasteiger partial charge in [0, 0.05) is 32.5 Å². The zero-order chi connectivity index (χ0) is 15.9. The second-order valence-electron chi connectivity index (χ2n) is 6.90. The fourth-order valence-corrected chi connectivity index (χ4v) is 3.79. The molecule has 0 aromatic carbocycles. The van der Waals surface area contributed by atoms with Gasteiger partial charge in [-0.05, 0) is 44.1 Å². The molecule has 0 radical (unpaired) electrons. The van der Waals surface area contributed by atoms with E-state index in [9.17, 15) is 9.59 Å². The Morgan fingerprint density at radius 1 is 1.18 bits per heavy atom. The van der Waals surface area contributed by atoms with Gasteiger partial charge < -0.3 is 15.0 Å². The number of carbonyl (C=O) groups excluding carboxylic acids is 2. The fourth-order valence-electron chi connectivity index (χ4n) is 3.79. The van der Waals surface area contributed by atoms with Crippen molar-refractivity contribution in [1.82, 2.24) is 10.2 Å². The third-order valence-electron chi connectivity index (χ3n) is 5.14. The lowest BCUT2D eigenvalue weighted by atomic mass is 9.90. The van der Waals surface area contributed by atoms with Gasteiger partial charge in [0.1, 0.15) is 0 Å². The van der Waals surface area contributed by atoms with Gasteiger partial charge in [0.2, 0.25) is 5.91 Å². The summed E-state index contributed by atoms with van der Waals surface area (Å²) >= 11 is 0. The number of nitrogens with one attached hydrogen (secondary N) is 1. The Morgan fingerprint density at radius 2 is 1.91 bits per heavy atom. The van der Waals surface area contributed by atoms with E-state index < -0.39 is 0 Å². The van der Waals surface area contributed by atoms with Gasteiger partial charge in [0.05, 0.1) is 7.11 Å². The van der Waals surface area contributed by atoms with Gasteiger partial charge in [-0.1, -0.05) is 12.8 Å². The van der Waals surface area contributed by atoms with Gasteiger partial charge in [-0.3, -0.25) is 9.59 Å². The summed E-state index contributed by atoms with van der Waals surface area (Å²) in [5, 5.41) is 3.67. The number of piperidine rings is 1. The molecular formula is C17H30N2O3. The molecule has 22 heavy (non-hydrogen) atoms. The number of esters is 1. The van der Waals surface area contributed by atoms with Gasteiger partial charge in [-0.25, -0.2) is 0 Å². The Hall–Kier alpha value is -1.10. The molecule has 1 heterocycles. The summed E-state index contributed by atoms with van der Waals surface area (Å²) in [5.41, 5.74) is 0. The highest BCUT2D eigenvalue weighted by molar-refractivity contribution is 5.73. The van der Waals surface area contributed by atoms with E-state index in [1.807, 2.05) is 4.90 Å². The summed E-state index contributed by atoms with van der Waals surface area (Å²) in [6.45, 7) is 4.28. The first-order valence-corrected chi connectivity index (χ1v) is 8.64. The van der Waals surface area contributed by atoms with E-state index in [-0.39, 0.29) is 11.9 Å². The molecule has 2 rings (SSSR count). The summed E-state index contributed by atoms with van der Waals surface area (Å²) < 4.78 is 4.72. The van der Waals surface area contributed by atoms with Crippen LogP contribution in [0.4, 0.5) is 0 Å². The minimum atomic E-state index is -0.157. The van der Waals surface area contributed by atoms with Crippen LogP contribution >= 0.6 is 0 Å². The normalized spacial score (nSPS) is 26.2. The van der Waals surface area contributed by atoms with Crippen molar-refractivity contribution < 1.29 is 14.3 Å². The molecule has 1 aliphatic heterocycles. The highest BCUT2D eigenvalue weighted by atomic mass is 16.5. The second kappa shape index (κ2) is 8.51.